The number of non-ortho nitro benzene ring substituents is 1. The Labute approximate surface area is 118 Å². The Bertz CT molecular complexity index is 721. The molecule has 0 fully saturated rings. The zero-order chi connectivity index (χ0) is 13.9. The van der Waals surface area contributed by atoms with Gasteiger partial charge in [-0.25, -0.2) is 4.98 Å². The average molecular weight is 286 g/mol. The molecule has 20 heavy (non-hydrogen) atoms. The lowest BCUT2D eigenvalue weighted by molar-refractivity contribution is -0.384. The molecule has 6 nitrogen and oxygen atoms in total. The molecule has 2 heterocycles. The van der Waals surface area contributed by atoms with Gasteiger partial charge in [0.15, 0.2) is 5.16 Å². The van der Waals surface area contributed by atoms with Gasteiger partial charge < -0.3 is 4.98 Å². The van der Waals surface area contributed by atoms with Gasteiger partial charge >= 0.3 is 0 Å². The third-order valence-corrected chi connectivity index (χ3v) is 3.73. The molecule has 1 N–H and O–H groups in total. The van der Waals surface area contributed by atoms with Crippen LogP contribution in [0.1, 0.15) is 5.56 Å². The van der Waals surface area contributed by atoms with E-state index in [4.69, 9.17) is 0 Å². The number of hydrogen-bond donors (Lipinski definition) is 1. The van der Waals surface area contributed by atoms with Crippen molar-refractivity contribution in [3.8, 4) is 0 Å². The number of rotatable bonds is 4. The van der Waals surface area contributed by atoms with E-state index in [0.717, 1.165) is 21.8 Å². The normalized spacial score (nSPS) is 10.8. The van der Waals surface area contributed by atoms with Crippen LogP contribution >= 0.6 is 11.8 Å². The van der Waals surface area contributed by atoms with Crippen molar-refractivity contribution in [3.63, 3.8) is 0 Å². The first-order valence-corrected chi connectivity index (χ1v) is 6.87. The molecule has 0 spiro atoms. The van der Waals surface area contributed by atoms with Gasteiger partial charge in [0.25, 0.3) is 5.69 Å². The number of thioether (sulfide) groups is 1. The van der Waals surface area contributed by atoms with E-state index < -0.39 is 4.92 Å². The largest absolute Gasteiger partial charge is 0.332 e. The van der Waals surface area contributed by atoms with Crippen LogP contribution in [-0.2, 0) is 5.75 Å². The van der Waals surface area contributed by atoms with Crippen molar-refractivity contribution in [1.82, 2.24) is 15.0 Å². The number of nitrogens with one attached hydrogen (secondary N) is 1. The van der Waals surface area contributed by atoms with E-state index in [2.05, 4.69) is 15.0 Å². The number of fused-ring (bicyclic) bond motifs is 1. The molecule has 3 rings (SSSR count). The summed E-state index contributed by atoms with van der Waals surface area (Å²) in [6.07, 6.45) is 3.44. The maximum absolute atomic E-state index is 10.6. The zero-order valence-electron chi connectivity index (χ0n) is 10.3. The molecule has 3 aromatic rings. The highest BCUT2D eigenvalue weighted by atomic mass is 32.2. The highest BCUT2D eigenvalue weighted by molar-refractivity contribution is 7.98. The Morgan fingerprint density at radius 2 is 2.05 bits per heavy atom. The Hall–Kier alpha value is -2.41. The predicted octanol–water partition coefficient (Wildman–Crippen LogP) is 3.16. The van der Waals surface area contributed by atoms with Crippen molar-refractivity contribution in [2.24, 2.45) is 0 Å². The van der Waals surface area contributed by atoms with Crippen molar-refractivity contribution in [2.45, 2.75) is 10.9 Å². The molecule has 0 atom stereocenters. The standard InChI is InChI=1S/C13H10N4O2S/c18-17(19)10-3-1-9(2-4-10)8-20-13-15-11-5-6-14-7-12(11)16-13/h1-7H,8H2,(H,15,16). The van der Waals surface area contributed by atoms with Gasteiger partial charge in [-0.2, -0.15) is 0 Å². The summed E-state index contributed by atoms with van der Waals surface area (Å²) in [7, 11) is 0. The predicted molar refractivity (Wildman–Crippen MR) is 76.5 cm³/mol. The number of H-pyrrole nitrogens is 1. The quantitative estimate of drug-likeness (QED) is 0.452. The van der Waals surface area contributed by atoms with Gasteiger partial charge in [-0.15, -0.1) is 0 Å². The van der Waals surface area contributed by atoms with E-state index in [9.17, 15) is 10.1 Å². The maximum Gasteiger partial charge on any atom is 0.269 e. The van der Waals surface area contributed by atoms with Crippen LogP contribution in [0.25, 0.3) is 11.0 Å². The second-order valence-electron chi connectivity index (χ2n) is 4.15. The highest BCUT2D eigenvalue weighted by Crippen LogP contribution is 2.23. The van der Waals surface area contributed by atoms with E-state index in [1.807, 2.05) is 6.07 Å². The van der Waals surface area contributed by atoms with E-state index >= 15 is 0 Å². The average Bonchev–Trinajstić information content (AvgIpc) is 2.88. The number of aromatic nitrogens is 3. The third-order valence-electron chi connectivity index (χ3n) is 2.78. The molecular weight excluding hydrogens is 276 g/mol. The molecule has 0 radical (unpaired) electrons. The lowest BCUT2D eigenvalue weighted by atomic mass is 10.2. The van der Waals surface area contributed by atoms with Gasteiger partial charge in [0.1, 0.15) is 0 Å². The van der Waals surface area contributed by atoms with E-state index in [1.165, 1.54) is 12.1 Å². The van der Waals surface area contributed by atoms with Crippen molar-refractivity contribution in [3.05, 3.63) is 58.4 Å². The molecule has 0 amide bonds. The van der Waals surface area contributed by atoms with Gasteiger partial charge in [-0.3, -0.25) is 15.1 Å². The molecule has 0 aliphatic heterocycles. The number of nitro groups is 1. The minimum Gasteiger partial charge on any atom is -0.332 e. The monoisotopic (exact) mass is 286 g/mol. The zero-order valence-corrected chi connectivity index (χ0v) is 11.1. The number of pyridine rings is 1. The fourth-order valence-corrected chi connectivity index (χ4v) is 2.61. The summed E-state index contributed by atoms with van der Waals surface area (Å²) >= 11 is 1.55. The minimum absolute atomic E-state index is 0.105. The van der Waals surface area contributed by atoms with Gasteiger partial charge in [-0.1, -0.05) is 23.9 Å². The summed E-state index contributed by atoms with van der Waals surface area (Å²) in [5, 5.41) is 11.4. The summed E-state index contributed by atoms with van der Waals surface area (Å²) in [5.74, 6) is 0.700. The molecule has 0 aliphatic carbocycles. The first-order valence-electron chi connectivity index (χ1n) is 5.88. The Morgan fingerprint density at radius 3 is 2.75 bits per heavy atom. The van der Waals surface area contributed by atoms with Crippen LogP contribution in [0, 0.1) is 10.1 Å². The summed E-state index contributed by atoms with van der Waals surface area (Å²) < 4.78 is 0. The fourth-order valence-electron chi connectivity index (χ4n) is 1.77. The Kier molecular flexibility index (Phi) is 3.34. The Morgan fingerprint density at radius 1 is 1.25 bits per heavy atom. The van der Waals surface area contributed by atoms with E-state index in [1.54, 1.807) is 36.3 Å². The molecular formula is C13H10N4O2S. The van der Waals surface area contributed by atoms with Gasteiger partial charge in [0.05, 0.1) is 22.2 Å². The lowest BCUT2D eigenvalue weighted by Crippen LogP contribution is -1.88. The van der Waals surface area contributed by atoms with E-state index in [0.29, 0.717) is 5.75 Å². The van der Waals surface area contributed by atoms with Crippen molar-refractivity contribution in [1.29, 1.82) is 0 Å². The second-order valence-corrected chi connectivity index (χ2v) is 5.11. The van der Waals surface area contributed by atoms with Gasteiger partial charge in [-0.05, 0) is 11.6 Å². The smallest absolute Gasteiger partial charge is 0.269 e. The van der Waals surface area contributed by atoms with Crippen LogP contribution in [0.15, 0.2) is 47.9 Å². The van der Waals surface area contributed by atoms with Gasteiger partial charge in [0.2, 0.25) is 0 Å². The second kappa shape index (κ2) is 5.30. The van der Waals surface area contributed by atoms with Crippen LogP contribution in [0.3, 0.4) is 0 Å². The molecule has 0 saturated heterocycles. The molecule has 100 valence electrons. The molecule has 0 aliphatic rings. The molecule has 1 aromatic carbocycles. The molecule has 0 saturated carbocycles. The lowest BCUT2D eigenvalue weighted by Gasteiger charge is -1.98. The maximum atomic E-state index is 10.6. The van der Waals surface area contributed by atoms with Crippen LogP contribution in [0.5, 0.6) is 0 Å². The number of nitro benzene ring substituents is 1. The van der Waals surface area contributed by atoms with Crippen molar-refractivity contribution in [2.75, 3.05) is 0 Å². The van der Waals surface area contributed by atoms with Crippen LogP contribution < -0.4 is 0 Å². The Balaban J connectivity index is 1.71. The first kappa shape index (κ1) is 12.6. The number of imidazole rings is 1. The summed E-state index contributed by atoms with van der Waals surface area (Å²) in [5.41, 5.74) is 2.90. The molecule has 0 unspecified atom stereocenters. The minimum atomic E-state index is -0.400. The van der Waals surface area contributed by atoms with Crippen LogP contribution in [0.2, 0.25) is 0 Å². The van der Waals surface area contributed by atoms with E-state index in [-0.39, 0.29) is 5.69 Å². The fraction of sp³-hybridized carbons (Fsp3) is 0.0769. The summed E-state index contributed by atoms with van der Waals surface area (Å²) in [6.45, 7) is 0. The third kappa shape index (κ3) is 2.62. The van der Waals surface area contributed by atoms with Crippen LogP contribution in [-0.4, -0.2) is 19.9 Å². The van der Waals surface area contributed by atoms with Crippen molar-refractivity contribution >= 4 is 28.5 Å². The van der Waals surface area contributed by atoms with Gasteiger partial charge in [0, 0.05) is 24.1 Å². The molecule has 2 aromatic heterocycles. The highest BCUT2D eigenvalue weighted by Gasteiger charge is 2.06. The first-order chi connectivity index (χ1) is 9.72. The number of hydrogen-bond acceptors (Lipinski definition) is 5. The van der Waals surface area contributed by atoms with Crippen LogP contribution in [0.4, 0.5) is 5.69 Å². The topological polar surface area (TPSA) is 84.7 Å². The summed E-state index contributed by atoms with van der Waals surface area (Å²) in [4.78, 5) is 21.8. The number of benzene rings is 1. The molecule has 7 heteroatoms. The molecule has 0 bridgehead atoms. The summed E-state index contributed by atoms with van der Waals surface area (Å²) in [6, 6.07) is 8.39. The van der Waals surface area contributed by atoms with Crippen molar-refractivity contribution < 1.29 is 4.92 Å². The SMILES string of the molecule is O=[N+]([O-])c1ccc(CSc2nc3ccncc3[nH]2)cc1. The number of nitrogens with zero attached hydrogens (tertiary/aromatic N) is 3. The number of aromatic amines is 1.